The van der Waals surface area contributed by atoms with E-state index in [2.05, 4.69) is 20.2 Å². The molecule has 3 aromatic heterocycles. The summed E-state index contributed by atoms with van der Waals surface area (Å²) in [5.41, 5.74) is 2.60. The van der Waals surface area contributed by atoms with Gasteiger partial charge in [-0.2, -0.15) is 5.10 Å². The standard InChI is InChI=1S/C14H12N4O2S/c1-2-20-14(19)11-6-10(17-18-11)12-8-21-13(16-12)9-4-3-5-15-7-9/h3-8H,2H2,1H3,(H,17,18). The average Bonchev–Trinajstić information content (AvgIpc) is 3.17. The molecular formula is C14H12N4O2S. The minimum Gasteiger partial charge on any atom is -0.461 e. The van der Waals surface area contributed by atoms with Crippen molar-refractivity contribution in [3.8, 4) is 22.0 Å². The molecule has 0 unspecified atom stereocenters. The Morgan fingerprint density at radius 1 is 1.43 bits per heavy atom. The van der Waals surface area contributed by atoms with Gasteiger partial charge in [0.25, 0.3) is 0 Å². The van der Waals surface area contributed by atoms with Crippen LogP contribution in [0.15, 0.2) is 36.0 Å². The van der Waals surface area contributed by atoms with Crippen molar-refractivity contribution < 1.29 is 9.53 Å². The van der Waals surface area contributed by atoms with E-state index >= 15 is 0 Å². The number of carbonyl (C=O) groups excluding carboxylic acids is 1. The number of nitrogens with zero attached hydrogens (tertiary/aromatic N) is 3. The van der Waals surface area contributed by atoms with Gasteiger partial charge in [0, 0.05) is 29.4 Å². The molecule has 1 N–H and O–H groups in total. The molecule has 0 aliphatic heterocycles. The second-order valence-corrected chi connectivity index (χ2v) is 5.03. The number of nitrogens with one attached hydrogen (secondary N) is 1. The Morgan fingerprint density at radius 3 is 3.10 bits per heavy atom. The number of carbonyl (C=O) groups is 1. The smallest absolute Gasteiger partial charge is 0.356 e. The predicted molar refractivity (Wildman–Crippen MR) is 78.9 cm³/mol. The number of hydrogen-bond acceptors (Lipinski definition) is 6. The van der Waals surface area contributed by atoms with Crippen molar-refractivity contribution in [2.45, 2.75) is 6.92 Å². The van der Waals surface area contributed by atoms with Crippen LogP contribution in [0.3, 0.4) is 0 Å². The second-order valence-electron chi connectivity index (χ2n) is 4.17. The van der Waals surface area contributed by atoms with Crippen LogP contribution in [0, 0.1) is 0 Å². The maximum Gasteiger partial charge on any atom is 0.356 e. The number of hydrogen-bond donors (Lipinski definition) is 1. The first-order valence-electron chi connectivity index (χ1n) is 6.36. The van der Waals surface area contributed by atoms with E-state index < -0.39 is 5.97 Å². The Kier molecular flexibility index (Phi) is 3.74. The number of H-pyrrole nitrogens is 1. The summed E-state index contributed by atoms with van der Waals surface area (Å²) in [7, 11) is 0. The quantitative estimate of drug-likeness (QED) is 0.749. The molecule has 0 amide bonds. The fourth-order valence-electron chi connectivity index (χ4n) is 1.78. The van der Waals surface area contributed by atoms with Gasteiger partial charge in [-0.25, -0.2) is 9.78 Å². The molecule has 0 radical (unpaired) electrons. The topological polar surface area (TPSA) is 80.8 Å². The zero-order valence-corrected chi connectivity index (χ0v) is 12.1. The SMILES string of the molecule is CCOC(=O)c1cc(-c2csc(-c3cccnc3)n2)n[nH]1. The summed E-state index contributed by atoms with van der Waals surface area (Å²) >= 11 is 1.50. The summed E-state index contributed by atoms with van der Waals surface area (Å²) in [4.78, 5) is 20.2. The minimum absolute atomic E-state index is 0.322. The van der Waals surface area contributed by atoms with Gasteiger partial charge >= 0.3 is 5.97 Å². The molecule has 21 heavy (non-hydrogen) atoms. The van der Waals surface area contributed by atoms with Crippen LogP contribution in [0.25, 0.3) is 22.0 Å². The zero-order chi connectivity index (χ0) is 14.7. The highest BCUT2D eigenvalue weighted by Gasteiger charge is 2.14. The van der Waals surface area contributed by atoms with Gasteiger partial charge in [-0.3, -0.25) is 10.1 Å². The van der Waals surface area contributed by atoms with E-state index in [4.69, 9.17) is 4.74 Å². The number of aromatic nitrogens is 4. The minimum atomic E-state index is -0.418. The number of pyridine rings is 1. The van der Waals surface area contributed by atoms with Gasteiger partial charge in [0.2, 0.25) is 0 Å². The number of esters is 1. The lowest BCUT2D eigenvalue weighted by Crippen LogP contribution is -2.04. The Hall–Kier alpha value is -2.54. The number of aromatic amines is 1. The van der Waals surface area contributed by atoms with Crippen molar-refractivity contribution >= 4 is 17.3 Å². The molecule has 3 aromatic rings. The fourth-order valence-corrected chi connectivity index (χ4v) is 2.58. The van der Waals surface area contributed by atoms with Gasteiger partial charge in [-0.15, -0.1) is 11.3 Å². The van der Waals surface area contributed by atoms with Crippen LogP contribution in [0.1, 0.15) is 17.4 Å². The van der Waals surface area contributed by atoms with Crippen LogP contribution in [-0.4, -0.2) is 32.7 Å². The molecule has 0 fully saturated rings. The second kappa shape index (κ2) is 5.84. The molecule has 0 saturated carbocycles. The van der Waals surface area contributed by atoms with Crippen LogP contribution in [-0.2, 0) is 4.74 Å². The van der Waals surface area contributed by atoms with Gasteiger partial charge in [0.1, 0.15) is 22.1 Å². The first-order valence-corrected chi connectivity index (χ1v) is 7.24. The summed E-state index contributed by atoms with van der Waals surface area (Å²) in [6.45, 7) is 2.09. The summed E-state index contributed by atoms with van der Waals surface area (Å²) in [6.07, 6.45) is 3.48. The van der Waals surface area contributed by atoms with Crippen LogP contribution in [0.2, 0.25) is 0 Å². The van der Waals surface area contributed by atoms with Crippen LogP contribution >= 0.6 is 11.3 Å². The van der Waals surface area contributed by atoms with Crippen molar-refractivity contribution in [3.05, 3.63) is 41.7 Å². The molecule has 0 atom stereocenters. The van der Waals surface area contributed by atoms with Gasteiger partial charge in [0.05, 0.1) is 6.61 Å². The van der Waals surface area contributed by atoms with Gasteiger partial charge in [-0.05, 0) is 19.1 Å². The third kappa shape index (κ3) is 2.82. The molecule has 106 valence electrons. The molecule has 6 nitrogen and oxygen atoms in total. The van der Waals surface area contributed by atoms with Crippen molar-refractivity contribution in [2.75, 3.05) is 6.61 Å². The molecule has 3 rings (SSSR count). The lowest BCUT2D eigenvalue weighted by molar-refractivity contribution is 0.0519. The molecule has 0 aliphatic carbocycles. The van der Waals surface area contributed by atoms with E-state index in [9.17, 15) is 4.79 Å². The van der Waals surface area contributed by atoms with Crippen molar-refractivity contribution in [2.24, 2.45) is 0 Å². The monoisotopic (exact) mass is 300 g/mol. The summed E-state index contributed by atoms with van der Waals surface area (Å²) < 4.78 is 4.92. The van der Waals surface area contributed by atoms with E-state index in [1.807, 2.05) is 17.5 Å². The largest absolute Gasteiger partial charge is 0.461 e. The van der Waals surface area contributed by atoms with Crippen LogP contribution < -0.4 is 0 Å². The lowest BCUT2D eigenvalue weighted by atomic mass is 10.3. The fraction of sp³-hybridized carbons (Fsp3) is 0.143. The third-order valence-corrected chi connectivity index (χ3v) is 3.64. The Morgan fingerprint density at radius 2 is 2.33 bits per heavy atom. The Balaban J connectivity index is 1.85. The van der Waals surface area contributed by atoms with E-state index in [1.165, 1.54) is 11.3 Å². The van der Waals surface area contributed by atoms with Crippen LogP contribution in [0.5, 0.6) is 0 Å². The molecule has 7 heteroatoms. The molecule has 0 aliphatic rings. The highest BCUT2D eigenvalue weighted by Crippen LogP contribution is 2.27. The van der Waals surface area contributed by atoms with Crippen molar-refractivity contribution in [3.63, 3.8) is 0 Å². The van der Waals surface area contributed by atoms with Gasteiger partial charge in [-0.1, -0.05) is 0 Å². The van der Waals surface area contributed by atoms with E-state index in [0.717, 1.165) is 10.6 Å². The number of thiazole rings is 1. The normalized spacial score (nSPS) is 10.5. The Bertz CT molecular complexity index is 751. The first-order chi connectivity index (χ1) is 10.3. The molecule has 0 bridgehead atoms. The summed E-state index contributed by atoms with van der Waals surface area (Å²) in [5, 5.41) is 9.52. The Labute approximate surface area is 124 Å². The molecular weight excluding hydrogens is 288 g/mol. The van der Waals surface area contributed by atoms with Crippen molar-refractivity contribution in [1.82, 2.24) is 20.2 Å². The zero-order valence-electron chi connectivity index (χ0n) is 11.2. The molecule has 0 aromatic carbocycles. The molecule has 0 saturated heterocycles. The highest BCUT2D eigenvalue weighted by molar-refractivity contribution is 7.13. The van der Waals surface area contributed by atoms with E-state index in [-0.39, 0.29) is 0 Å². The number of rotatable bonds is 4. The lowest BCUT2D eigenvalue weighted by Gasteiger charge is -1.95. The summed E-state index contributed by atoms with van der Waals surface area (Å²) in [6, 6.07) is 5.45. The average molecular weight is 300 g/mol. The maximum absolute atomic E-state index is 11.6. The molecule has 3 heterocycles. The highest BCUT2D eigenvalue weighted by atomic mass is 32.1. The maximum atomic E-state index is 11.6. The first kappa shape index (κ1) is 13.4. The molecule has 0 spiro atoms. The van der Waals surface area contributed by atoms with Crippen molar-refractivity contribution in [1.29, 1.82) is 0 Å². The van der Waals surface area contributed by atoms with Gasteiger partial charge in [0.15, 0.2) is 0 Å². The third-order valence-electron chi connectivity index (χ3n) is 2.75. The van der Waals surface area contributed by atoms with E-state index in [1.54, 1.807) is 25.4 Å². The predicted octanol–water partition coefficient (Wildman–Crippen LogP) is 2.77. The summed E-state index contributed by atoms with van der Waals surface area (Å²) in [5.74, 6) is -0.418. The van der Waals surface area contributed by atoms with Crippen LogP contribution in [0.4, 0.5) is 0 Å². The van der Waals surface area contributed by atoms with Gasteiger partial charge < -0.3 is 4.74 Å². The van der Waals surface area contributed by atoms with E-state index in [0.29, 0.717) is 23.7 Å². The number of ether oxygens (including phenoxy) is 1.